The highest BCUT2D eigenvalue weighted by Gasteiger charge is 2.18. The van der Waals surface area contributed by atoms with Gasteiger partial charge in [-0.05, 0) is 24.6 Å². The van der Waals surface area contributed by atoms with Gasteiger partial charge in [0.05, 0.1) is 11.5 Å². The summed E-state index contributed by atoms with van der Waals surface area (Å²) in [4.78, 5) is -0.139. The Hall–Kier alpha value is -0.980. The van der Waals surface area contributed by atoms with Gasteiger partial charge in [-0.2, -0.15) is 0 Å². The summed E-state index contributed by atoms with van der Waals surface area (Å²) in [6.07, 6.45) is 0.463. The van der Waals surface area contributed by atoms with Crippen molar-refractivity contribution in [1.29, 1.82) is 0 Å². The molecule has 16 heavy (non-hydrogen) atoms. The standard InChI is InChI=1S/C10H14FNO3S/c1-2-9(7-13)12-16(14,15)10-5-3-4-8(11)6-10/h3-6,9,12-13H,2,7H2,1H3/t9-/m0/s1. The number of benzene rings is 1. The molecule has 0 fully saturated rings. The lowest BCUT2D eigenvalue weighted by molar-refractivity contribution is 0.254. The largest absolute Gasteiger partial charge is 0.395 e. The first kappa shape index (κ1) is 13.1. The van der Waals surface area contributed by atoms with E-state index < -0.39 is 21.9 Å². The molecule has 0 amide bonds. The van der Waals surface area contributed by atoms with Crippen LogP contribution in [0.1, 0.15) is 13.3 Å². The highest BCUT2D eigenvalue weighted by Crippen LogP contribution is 2.11. The van der Waals surface area contributed by atoms with Gasteiger partial charge in [-0.25, -0.2) is 17.5 Å². The van der Waals surface area contributed by atoms with Crippen molar-refractivity contribution in [1.82, 2.24) is 4.72 Å². The third-order valence-electron chi connectivity index (χ3n) is 2.14. The summed E-state index contributed by atoms with van der Waals surface area (Å²) < 4.78 is 38.6. The van der Waals surface area contributed by atoms with Crippen molar-refractivity contribution in [3.8, 4) is 0 Å². The Bertz CT molecular complexity index is 443. The molecule has 0 spiro atoms. The van der Waals surface area contributed by atoms with Gasteiger partial charge in [0, 0.05) is 6.04 Å². The van der Waals surface area contributed by atoms with Crippen LogP contribution >= 0.6 is 0 Å². The number of hydrogen-bond acceptors (Lipinski definition) is 3. The first-order chi connectivity index (χ1) is 7.49. The summed E-state index contributed by atoms with van der Waals surface area (Å²) in [5.41, 5.74) is 0. The maximum absolute atomic E-state index is 12.9. The molecule has 0 saturated carbocycles. The van der Waals surface area contributed by atoms with E-state index in [0.717, 1.165) is 6.07 Å². The third-order valence-corrected chi connectivity index (χ3v) is 3.66. The van der Waals surface area contributed by atoms with Crippen LogP contribution in [0.15, 0.2) is 29.2 Å². The van der Waals surface area contributed by atoms with Crippen LogP contribution in [0.2, 0.25) is 0 Å². The van der Waals surface area contributed by atoms with Crippen LogP contribution in [-0.2, 0) is 10.0 Å². The maximum atomic E-state index is 12.9. The van der Waals surface area contributed by atoms with Gasteiger partial charge in [-0.1, -0.05) is 13.0 Å². The monoisotopic (exact) mass is 247 g/mol. The highest BCUT2D eigenvalue weighted by molar-refractivity contribution is 7.89. The molecule has 0 unspecified atom stereocenters. The average Bonchev–Trinajstić information content (AvgIpc) is 2.26. The van der Waals surface area contributed by atoms with Gasteiger partial charge >= 0.3 is 0 Å². The van der Waals surface area contributed by atoms with Crippen molar-refractivity contribution in [2.45, 2.75) is 24.3 Å². The van der Waals surface area contributed by atoms with Crippen molar-refractivity contribution in [2.24, 2.45) is 0 Å². The van der Waals surface area contributed by atoms with Gasteiger partial charge in [0.2, 0.25) is 10.0 Å². The normalized spacial score (nSPS) is 13.7. The number of aliphatic hydroxyl groups excluding tert-OH is 1. The lowest BCUT2D eigenvalue weighted by atomic mass is 10.3. The Morgan fingerprint density at radius 2 is 2.19 bits per heavy atom. The summed E-state index contributed by atoms with van der Waals surface area (Å²) in [5, 5.41) is 8.89. The highest BCUT2D eigenvalue weighted by atomic mass is 32.2. The topological polar surface area (TPSA) is 66.4 Å². The summed E-state index contributed by atoms with van der Waals surface area (Å²) in [6, 6.07) is 4.18. The smallest absolute Gasteiger partial charge is 0.240 e. The first-order valence-corrected chi connectivity index (χ1v) is 6.36. The van der Waals surface area contributed by atoms with Crippen molar-refractivity contribution in [3.05, 3.63) is 30.1 Å². The number of rotatable bonds is 5. The Balaban J connectivity index is 2.94. The number of hydrogen-bond donors (Lipinski definition) is 2. The van der Waals surface area contributed by atoms with Crippen LogP contribution in [-0.4, -0.2) is 26.2 Å². The van der Waals surface area contributed by atoms with E-state index in [0.29, 0.717) is 6.42 Å². The Labute approximate surface area is 94.2 Å². The van der Waals surface area contributed by atoms with Crippen molar-refractivity contribution in [2.75, 3.05) is 6.61 Å². The molecule has 0 heterocycles. The van der Waals surface area contributed by atoms with Crippen LogP contribution in [0.3, 0.4) is 0 Å². The lowest BCUT2D eigenvalue weighted by Crippen LogP contribution is -2.36. The summed E-state index contributed by atoms with van der Waals surface area (Å²) in [5.74, 6) is -0.611. The fourth-order valence-corrected chi connectivity index (χ4v) is 2.51. The third kappa shape index (κ3) is 3.26. The molecular weight excluding hydrogens is 233 g/mol. The second kappa shape index (κ2) is 5.38. The molecule has 90 valence electrons. The van der Waals surface area contributed by atoms with Crippen molar-refractivity contribution >= 4 is 10.0 Å². The summed E-state index contributed by atoms with van der Waals surface area (Å²) in [6.45, 7) is 1.46. The lowest BCUT2D eigenvalue weighted by Gasteiger charge is -2.14. The first-order valence-electron chi connectivity index (χ1n) is 4.88. The molecule has 0 aliphatic rings. The number of sulfonamides is 1. The van der Waals surface area contributed by atoms with E-state index in [-0.39, 0.29) is 11.5 Å². The summed E-state index contributed by atoms with van der Waals surface area (Å²) in [7, 11) is -3.76. The summed E-state index contributed by atoms with van der Waals surface area (Å²) >= 11 is 0. The van der Waals surface area contributed by atoms with E-state index in [1.54, 1.807) is 6.92 Å². The second-order valence-corrected chi connectivity index (χ2v) is 5.08. The quantitative estimate of drug-likeness (QED) is 0.811. The van der Waals surface area contributed by atoms with E-state index in [4.69, 9.17) is 5.11 Å². The number of aliphatic hydroxyl groups is 1. The molecule has 1 rings (SSSR count). The average molecular weight is 247 g/mol. The molecule has 0 aromatic heterocycles. The molecule has 0 bridgehead atoms. The molecule has 2 N–H and O–H groups in total. The molecule has 1 atom stereocenters. The molecule has 0 aliphatic carbocycles. The molecule has 0 radical (unpaired) electrons. The fourth-order valence-electron chi connectivity index (χ4n) is 1.17. The zero-order valence-electron chi connectivity index (χ0n) is 8.85. The molecule has 4 nitrogen and oxygen atoms in total. The van der Waals surface area contributed by atoms with E-state index in [1.165, 1.54) is 18.2 Å². The Morgan fingerprint density at radius 3 is 2.69 bits per heavy atom. The van der Waals surface area contributed by atoms with Gasteiger partial charge in [-0.15, -0.1) is 0 Å². The fraction of sp³-hybridized carbons (Fsp3) is 0.400. The Morgan fingerprint density at radius 1 is 1.50 bits per heavy atom. The molecule has 0 saturated heterocycles. The minimum Gasteiger partial charge on any atom is -0.395 e. The minimum absolute atomic E-state index is 0.139. The van der Waals surface area contributed by atoms with E-state index >= 15 is 0 Å². The van der Waals surface area contributed by atoms with Crippen LogP contribution in [0.25, 0.3) is 0 Å². The zero-order chi connectivity index (χ0) is 12.2. The van der Waals surface area contributed by atoms with E-state index in [9.17, 15) is 12.8 Å². The molecular formula is C10H14FNO3S. The van der Waals surface area contributed by atoms with Crippen LogP contribution in [0.5, 0.6) is 0 Å². The maximum Gasteiger partial charge on any atom is 0.240 e. The minimum atomic E-state index is -3.76. The van der Waals surface area contributed by atoms with E-state index in [2.05, 4.69) is 4.72 Å². The Kier molecular flexibility index (Phi) is 4.40. The molecule has 1 aromatic carbocycles. The van der Waals surface area contributed by atoms with Crippen molar-refractivity contribution < 1.29 is 17.9 Å². The van der Waals surface area contributed by atoms with E-state index in [1.807, 2.05) is 0 Å². The van der Waals surface area contributed by atoms with Gasteiger partial charge in [0.1, 0.15) is 5.82 Å². The number of nitrogens with one attached hydrogen (secondary N) is 1. The van der Waals surface area contributed by atoms with Crippen molar-refractivity contribution in [3.63, 3.8) is 0 Å². The predicted molar refractivity (Wildman–Crippen MR) is 57.9 cm³/mol. The molecule has 1 aromatic rings. The zero-order valence-corrected chi connectivity index (χ0v) is 9.67. The SMILES string of the molecule is CC[C@@H](CO)NS(=O)(=O)c1cccc(F)c1. The van der Waals surface area contributed by atoms with Gasteiger partial charge in [0.15, 0.2) is 0 Å². The van der Waals surface area contributed by atoms with Gasteiger partial charge < -0.3 is 5.11 Å². The molecule has 0 aliphatic heterocycles. The predicted octanol–water partition coefficient (Wildman–Crippen LogP) is 0.875. The number of halogens is 1. The van der Waals surface area contributed by atoms with Crippen LogP contribution in [0, 0.1) is 5.82 Å². The second-order valence-electron chi connectivity index (χ2n) is 3.37. The molecule has 6 heteroatoms. The van der Waals surface area contributed by atoms with Gasteiger partial charge in [-0.3, -0.25) is 0 Å². The van der Waals surface area contributed by atoms with Crippen LogP contribution < -0.4 is 4.72 Å². The van der Waals surface area contributed by atoms with Crippen LogP contribution in [0.4, 0.5) is 4.39 Å². The van der Waals surface area contributed by atoms with Gasteiger partial charge in [0.25, 0.3) is 0 Å².